The van der Waals surface area contributed by atoms with Gasteiger partial charge in [0, 0.05) is 12.6 Å². The fraction of sp³-hybridized carbons (Fsp3) is 0.625. The van der Waals surface area contributed by atoms with Crippen LogP contribution in [0.2, 0.25) is 0 Å². The molecule has 0 aliphatic carbocycles. The van der Waals surface area contributed by atoms with Gasteiger partial charge in [-0.2, -0.15) is 0 Å². The molecule has 0 radical (unpaired) electrons. The molecule has 1 unspecified atom stereocenters. The van der Waals surface area contributed by atoms with Gasteiger partial charge in [0.1, 0.15) is 0 Å². The molecular weight excluding hydrogens is 222 g/mol. The number of rotatable bonds is 6. The fourth-order valence-electron chi connectivity index (χ4n) is 2.39. The van der Waals surface area contributed by atoms with Gasteiger partial charge in [-0.15, -0.1) is 0 Å². The third kappa shape index (κ3) is 4.79. The van der Waals surface area contributed by atoms with Gasteiger partial charge < -0.3 is 10.4 Å². The van der Waals surface area contributed by atoms with E-state index < -0.39 is 0 Å². The average Bonchev–Trinajstić information content (AvgIpc) is 2.24. The number of hydrogen-bond acceptors (Lipinski definition) is 2. The molecule has 0 saturated carbocycles. The third-order valence-electron chi connectivity index (χ3n) is 3.33. The topological polar surface area (TPSA) is 32.3 Å². The summed E-state index contributed by atoms with van der Waals surface area (Å²) in [4.78, 5) is 0. The first-order valence-electron chi connectivity index (χ1n) is 6.88. The van der Waals surface area contributed by atoms with E-state index in [2.05, 4.69) is 52.1 Å². The molecule has 0 saturated heterocycles. The number of nitrogens with one attached hydrogen (secondary N) is 1. The molecule has 1 aromatic carbocycles. The lowest BCUT2D eigenvalue weighted by molar-refractivity contribution is 0.159. The highest BCUT2D eigenvalue weighted by molar-refractivity contribution is 5.37. The third-order valence-corrected chi connectivity index (χ3v) is 3.33. The summed E-state index contributed by atoms with van der Waals surface area (Å²) in [5.41, 5.74) is 5.40. The van der Waals surface area contributed by atoms with Crippen LogP contribution in [0.15, 0.2) is 12.1 Å². The molecule has 0 aliphatic rings. The minimum Gasteiger partial charge on any atom is -0.392 e. The van der Waals surface area contributed by atoms with Crippen LogP contribution in [0.25, 0.3) is 0 Å². The maximum absolute atomic E-state index is 9.93. The molecule has 0 spiro atoms. The smallest absolute Gasteiger partial charge is 0.0667 e. The molecule has 0 aromatic heterocycles. The van der Waals surface area contributed by atoms with E-state index in [-0.39, 0.29) is 6.10 Å². The minimum absolute atomic E-state index is 0.257. The molecule has 2 nitrogen and oxygen atoms in total. The van der Waals surface area contributed by atoms with Crippen molar-refractivity contribution in [3.05, 3.63) is 34.4 Å². The van der Waals surface area contributed by atoms with Crippen LogP contribution in [-0.4, -0.2) is 23.8 Å². The van der Waals surface area contributed by atoms with Crippen LogP contribution in [0.4, 0.5) is 0 Å². The first-order chi connectivity index (χ1) is 8.40. The lowest BCUT2D eigenvalue weighted by Gasteiger charge is -2.16. The molecule has 0 aliphatic heterocycles. The van der Waals surface area contributed by atoms with E-state index in [4.69, 9.17) is 0 Å². The van der Waals surface area contributed by atoms with Gasteiger partial charge in [-0.25, -0.2) is 0 Å². The van der Waals surface area contributed by atoms with Crippen molar-refractivity contribution in [2.75, 3.05) is 6.54 Å². The van der Waals surface area contributed by atoms with Gasteiger partial charge in [0.2, 0.25) is 0 Å². The van der Waals surface area contributed by atoms with E-state index >= 15 is 0 Å². The standard InChI is InChI=1S/C16H27NO/c1-11(2)17-10-15(18)6-7-16-13(4)8-12(3)9-14(16)5/h8-9,11,15,17-18H,6-7,10H2,1-5H3. The quantitative estimate of drug-likeness (QED) is 0.812. The van der Waals surface area contributed by atoms with E-state index in [1.165, 1.54) is 22.3 Å². The van der Waals surface area contributed by atoms with E-state index in [9.17, 15) is 5.11 Å². The van der Waals surface area contributed by atoms with Crippen molar-refractivity contribution in [3.8, 4) is 0 Å². The monoisotopic (exact) mass is 249 g/mol. The Labute approximate surface area is 111 Å². The molecule has 18 heavy (non-hydrogen) atoms. The van der Waals surface area contributed by atoms with Crippen LogP contribution >= 0.6 is 0 Å². The van der Waals surface area contributed by atoms with Gasteiger partial charge in [0.05, 0.1) is 6.10 Å². The molecule has 0 heterocycles. The lowest BCUT2D eigenvalue weighted by atomic mass is 9.95. The number of aliphatic hydroxyl groups is 1. The summed E-state index contributed by atoms with van der Waals surface area (Å²) in [5.74, 6) is 0. The Bertz CT molecular complexity index is 362. The Hall–Kier alpha value is -0.860. The van der Waals surface area contributed by atoms with Gasteiger partial charge in [-0.3, -0.25) is 0 Å². The first-order valence-corrected chi connectivity index (χ1v) is 6.88. The van der Waals surface area contributed by atoms with E-state index in [0.29, 0.717) is 12.6 Å². The van der Waals surface area contributed by atoms with Crippen molar-refractivity contribution in [1.82, 2.24) is 5.32 Å². The summed E-state index contributed by atoms with van der Waals surface area (Å²) in [6.07, 6.45) is 1.52. The second-order valence-electron chi connectivity index (χ2n) is 5.63. The predicted molar refractivity (Wildman–Crippen MR) is 78.1 cm³/mol. The van der Waals surface area contributed by atoms with Crippen molar-refractivity contribution >= 4 is 0 Å². The number of benzene rings is 1. The molecule has 1 aromatic rings. The van der Waals surface area contributed by atoms with Gasteiger partial charge in [0.15, 0.2) is 0 Å². The summed E-state index contributed by atoms with van der Waals surface area (Å²) in [6.45, 7) is 11.3. The highest BCUT2D eigenvalue weighted by atomic mass is 16.3. The van der Waals surface area contributed by atoms with E-state index in [1.807, 2.05) is 0 Å². The second kappa shape index (κ2) is 6.91. The normalized spacial score (nSPS) is 13.1. The van der Waals surface area contributed by atoms with Crippen molar-refractivity contribution < 1.29 is 5.11 Å². The molecule has 1 rings (SSSR count). The maximum Gasteiger partial charge on any atom is 0.0667 e. The summed E-state index contributed by atoms with van der Waals surface area (Å²) in [5, 5.41) is 13.2. The van der Waals surface area contributed by atoms with Crippen LogP contribution < -0.4 is 5.32 Å². The highest BCUT2D eigenvalue weighted by Crippen LogP contribution is 2.18. The van der Waals surface area contributed by atoms with Gasteiger partial charge >= 0.3 is 0 Å². The minimum atomic E-state index is -0.257. The Morgan fingerprint density at radius 3 is 2.17 bits per heavy atom. The number of aryl methyl sites for hydroxylation is 3. The van der Waals surface area contributed by atoms with Crippen LogP contribution in [0.5, 0.6) is 0 Å². The predicted octanol–water partition coefficient (Wildman–Crippen LogP) is 2.90. The molecule has 1 atom stereocenters. The summed E-state index contributed by atoms with van der Waals surface area (Å²) < 4.78 is 0. The zero-order valence-electron chi connectivity index (χ0n) is 12.4. The maximum atomic E-state index is 9.93. The molecule has 2 N–H and O–H groups in total. The van der Waals surface area contributed by atoms with Gasteiger partial charge in [-0.1, -0.05) is 31.5 Å². The summed E-state index contributed by atoms with van der Waals surface area (Å²) in [7, 11) is 0. The first kappa shape index (κ1) is 15.2. The second-order valence-corrected chi connectivity index (χ2v) is 5.63. The average molecular weight is 249 g/mol. The fourth-order valence-corrected chi connectivity index (χ4v) is 2.39. The van der Waals surface area contributed by atoms with Crippen molar-refractivity contribution in [1.29, 1.82) is 0 Å². The highest BCUT2D eigenvalue weighted by Gasteiger charge is 2.08. The van der Waals surface area contributed by atoms with Crippen molar-refractivity contribution in [3.63, 3.8) is 0 Å². The molecule has 102 valence electrons. The Morgan fingerprint density at radius 2 is 1.67 bits per heavy atom. The molecule has 0 bridgehead atoms. The number of aliphatic hydroxyl groups excluding tert-OH is 1. The van der Waals surface area contributed by atoms with Crippen LogP contribution in [0, 0.1) is 20.8 Å². The van der Waals surface area contributed by atoms with E-state index in [1.54, 1.807) is 0 Å². The molecule has 0 amide bonds. The Morgan fingerprint density at radius 1 is 1.11 bits per heavy atom. The largest absolute Gasteiger partial charge is 0.392 e. The van der Waals surface area contributed by atoms with Crippen molar-refractivity contribution in [2.45, 2.75) is 59.6 Å². The van der Waals surface area contributed by atoms with Crippen LogP contribution in [-0.2, 0) is 6.42 Å². The molecular formula is C16H27NO. The van der Waals surface area contributed by atoms with Gasteiger partial charge in [-0.05, 0) is 50.3 Å². The zero-order valence-corrected chi connectivity index (χ0v) is 12.4. The SMILES string of the molecule is Cc1cc(C)c(CCC(O)CNC(C)C)c(C)c1. The Balaban J connectivity index is 2.53. The Kier molecular flexibility index (Phi) is 5.83. The van der Waals surface area contributed by atoms with Crippen molar-refractivity contribution in [2.24, 2.45) is 0 Å². The lowest BCUT2D eigenvalue weighted by Crippen LogP contribution is -2.32. The molecule has 2 heteroatoms. The summed E-state index contributed by atoms with van der Waals surface area (Å²) >= 11 is 0. The van der Waals surface area contributed by atoms with Crippen LogP contribution in [0.3, 0.4) is 0 Å². The zero-order chi connectivity index (χ0) is 13.7. The van der Waals surface area contributed by atoms with Gasteiger partial charge in [0.25, 0.3) is 0 Å². The van der Waals surface area contributed by atoms with E-state index in [0.717, 1.165) is 12.8 Å². The molecule has 0 fully saturated rings. The number of hydrogen-bond donors (Lipinski definition) is 2. The summed E-state index contributed by atoms with van der Waals surface area (Å²) in [6, 6.07) is 4.88. The van der Waals surface area contributed by atoms with Crippen LogP contribution in [0.1, 0.15) is 42.5 Å².